The molecule has 0 unspecified atom stereocenters. The molecule has 4 heteroatoms. The van der Waals surface area contributed by atoms with Crippen LogP contribution in [0.3, 0.4) is 0 Å². The molecule has 0 radical (unpaired) electrons. The third-order valence-corrected chi connectivity index (χ3v) is 2.77. The number of benzene rings is 1. The Morgan fingerprint density at radius 3 is 2.69 bits per heavy atom. The van der Waals surface area contributed by atoms with Crippen LogP contribution in [0, 0.1) is 0 Å². The summed E-state index contributed by atoms with van der Waals surface area (Å²) in [7, 11) is 0. The largest absolute Gasteiger partial charge is 0.378 e. The van der Waals surface area contributed by atoms with Gasteiger partial charge in [-0.25, -0.2) is 0 Å². The molecule has 1 aromatic carbocycles. The van der Waals surface area contributed by atoms with E-state index in [0.717, 1.165) is 5.56 Å². The van der Waals surface area contributed by atoms with Gasteiger partial charge >= 0.3 is 0 Å². The highest BCUT2D eigenvalue weighted by atomic mass is 16.5. The van der Waals surface area contributed by atoms with E-state index < -0.39 is 0 Å². The molecule has 1 heterocycles. The summed E-state index contributed by atoms with van der Waals surface area (Å²) in [6.45, 7) is 2.97. The Kier molecular flexibility index (Phi) is 3.54. The SMILES string of the molecule is NCc1ccccc1C(=O)N1CCOCC1. The van der Waals surface area contributed by atoms with Gasteiger partial charge in [-0.1, -0.05) is 18.2 Å². The van der Waals surface area contributed by atoms with Crippen molar-refractivity contribution in [2.75, 3.05) is 26.3 Å². The first-order valence-electron chi connectivity index (χ1n) is 5.48. The van der Waals surface area contributed by atoms with Gasteiger partial charge in [-0.05, 0) is 11.6 Å². The van der Waals surface area contributed by atoms with Crippen molar-refractivity contribution in [3.63, 3.8) is 0 Å². The molecule has 1 amide bonds. The monoisotopic (exact) mass is 220 g/mol. The zero-order valence-corrected chi connectivity index (χ0v) is 9.19. The molecule has 1 aromatic rings. The van der Waals surface area contributed by atoms with Gasteiger partial charge in [0.2, 0.25) is 0 Å². The molecule has 0 aromatic heterocycles. The molecule has 0 aliphatic carbocycles. The van der Waals surface area contributed by atoms with Gasteiger partial charge in [0.15, 0.2) is 0 Å². The molecule has 0 saturated carbocycles. The molecule has 0 atom stereocenters. The summed E-state index contributed by atoms with van der Waals surface area (Å²) in [4.78, 5) is 14.0. The first-order chi connectivity index (χ1) is 7.83. The van der Waals surface area contributed by atoms with Gasteiger partial charge in [0.25, 0.3) is 5.91 Å². The van der Waals surface area contributed by atoms with Crippen molar-refractivity contribution in [3.8, 4) is 0 Å². The highest BCUT2D eigenvalue weighted by Gasteiger charge is 2.19. The van der Waals surface area contributed by atoms with E-state index in [1.165, 1.54) is 0 Å². The molecule has 4 nitrogen and oxygen atoms in total. The zero-order valence-electron chi connectivity index (χ0n) is 9.19. The molecule has 2 N–H and O–H groups in total. The van der Waals surface area contributed by atoms with Crippen molar-refractivity contribution in [2.45, 2.75) is 6.54 Å². The Balaban J connectivity index is 2.19. The van der Waals surface area contributed by atoms with Gasteiger partial charge in [-0.15, -0.1) is 0 Å². The van der Waals surface area contributed by atoms with Crippen molar-refractivity contribution in [1.29, 1.82) is 0 Å². The Hall–Kier alpha value is -1.39. The van der Waals surface area contributed by atoms with E-state index in [9.17, 15) is 4.79 Å². The Labute approximate surface area is 95.0 Å². The zero-order chi connectivity index (χ0) is 11.4. The molecule has 0 spiro atoms. The van der Waals surface area contributed by atoms with Crippen molar-refractivity contribution < 1.29 is 9.53 Å². The maximum Gasteiger partial charge on any atom is 0.254 e. The fourth-order valence-corrected chi connectivity index (χ4v) is 1.84. The van der Waals surface area contributed by atoms with Crippen LogP contribution in [0.1, 0.15) is 15.9 Å². The lowest BCUT2D eigenvalue weighted by molar-refractivity contribution is 0.0302. The van der Waals surface area contributed by atoms with Gasteiger partial charge in [0, 0.05) is 25.2 Å². The standard InChI is InChI=1S/C12H16N2O2/c13-9-10-3-1-2-4-11(10)12(15)14-5-7-16-8-6-14/h1-4H,5-9,13H2. The number of nitrogens with zero attached hydrogens (tertiary/aromatic N) is 1. The van der Waals surface area contributed by atoms with Crippen molar-refractivity contribution in [1.82, 2.24) is 4.90 Å². The number of carbonyl (C=O) groups is 1. The minimum absolute atomic E-state index is 0.0596. The number of morpholine rings is 1. The molecule has 86 valence electrons. The maximum absolute atomic E-state index is 12.2. The van der Waals surface area contributed by atoms with Gasteiger partial charge in [0.1, 0.15) is 0 Å². The maximum atomic E-state index is 12.2. The Morgan fingerprint density at radius 2 is 2.00 bits per heavy atom. The minimum Gasteiger partial charge on any atom is -0.378 e. The fourth-order valence-electron chi connectivity index (χ4n) is 1.84. The number of ether oxygens (including phenoxy) is 1. The summed E-state index contributed by atoms with van der Waals surface area (Å²) in [6, 6.07) is 7.50. The molecular formula is C12H16N2O2. The van der Waals surface area contributed by atoms with E-state index in [0.29, 0.717) is 38.4 Å². The second-order valence-electron chi connectivity index (χ2n) is 3.77. The van der Waals surface area contributed by atoms with E-state index in [2.05, 4.69) is 0 Å². The Morgan fingerprint density at radius 1 is 1.31 bits per heavy atom. The van der Waals surface area contributed by atoms with Crippen LogP contribution in [0.15, 0.2) is 24.3 Å². The van der Waals surface area contributed by atoms with E-state index >= 15 is 0 Å². The smallest absolute Gasteiger partial charge is 0.254 e. The summed E-state index contributed by atoms with van der Waals surface area (Å²) >= 11 is 0. The third kappa shape index (κ3) is 2.23. The van der Waals surface area contributed by atoms with Crippen LogP contribution in [0.2, 0.25) is 0 Å². The van der Waals surface area contributed by atoms with Gasteiger partial charge in [-0.2, -0.15) is 0 Å². The van der Waals surface area contributed by atoms with E-state index in [1.807, 2.05) is 29.2 Å². The van der Waals surface area contributed by atoms with Crippen LogP contribution < -0.4 is 5.73 Å². The molecule has 1 aliphatic rings. The molecule has 2 rings (SSSR count). The lowest BCUT2D eigenvalue weighted by Gasteiger charge is -2.27. The molecule has 0 bridgehead atoms. The Bertz CT molecular complexity index is 373. The van der Waals surface area contributed by atoms with Gasteiger partial charge < -0.3 is 15.4 Å². The van der Waals surface area contributed by atoms with Crippen LogP contribution in [0.4, 0.5) is 0 Å². The predicted molar refractivity (Wildman–Crippen MR) is 61.1 cm³/mol. The molecule has 1 saturated heterocycles. The van der Waals surface area contributed by atoms with Crippen molar-refractivity contribution in [2.24, 2.45) is 5.73 Å². The second kappa shape index (κ2) is 5.09. The first-order valence-corrected chi connectivity index (χ1v) is 5.48. The van der Waals surface area contributed by atoms with E-state index in [4.69, 9.17) is 10.5 Å². The van der Waals surface area contributed by atoms with Crippen molar-refractivity contribution >= 4 is 5.91 Å². The number of amides is 1. The quantitative estimate of drug-likeness (QED) is 0.794. The average molecular weight is 220 g/mol. The number of hydrogen-bond acceptors (Lipinski definition) is 3. The highest BCUT2D eigenvalue weighted by Crippen LogP contribution is 2.12. The average Bonchev–Trinajstić information content (AvgIpc) is 2.39. The third-order valence-electron chi connectivity index (χ3n) is 2.77. The van der Waals surface area contributed by atoms with Crippen molar-refractivity contribution in [3.05, 3.63) is 35.4 Å². The number of hydrogen-bond donors (Lipinski definition) is 1. The molecule has 16 heavy (non-hydrogen) atoms. The van der Waals surface area contributed by atoms with Crippen LogP contribution in [-0.2, 0) is 11.3 Å². The van der Waals surface area contributed by atoms with Crippen LogP contribution in [0.5, 0.6) is 0 Å². The first kappa shape index (κ1) is 11.1. The second-order valence-corrected chi connectivity index (χ2v) is 3.77. The normalized spacial score (nSPS) is 16.2. The highest BCUT2D eigenvalue weighted by molar-refractivity contribution is 5.95. The van der Waals surface area contributed by atoms with Gasteiger partial charge in [-0.3, -0.25) is 4.79 Å². The summed E-state index contributed by atoms with van der Waals surface area (Å²) in [5, 5.41) is 0. The lowest BCUT2D eigenvalue weighted by Crippen LogP contribution is -2.41. The van der Waals surface area contributed by atoms with E-state index in [1.54, 1.807) is 0 Å². The fraction of sp³-hybridized carbons (Fsp3) is 0.417. The lowest BCUT2D eigenvalue weighted by atomic mass is 10.1. The molecule has 1 fully saturated rings. The number of carbonyl (C=O) groups excluding carboxylic acids is 1. The van der Waals surface area contributed by atoms with Gasteiger partial charge in [0.05, 0.1) is 13.2 Å². The number of nitrogens with two attached hydrogens (primary N) is 1. The number of rotatable bonds is 2. The topological polar surface area (TPSA) is 55.6 Å². The minimum atomic E-state index is 0.0596. The molecular weight excluding hydrogens is 204 g/mol. The van der Waals surface area contributed by atoms with Crippen LogP contribution >= 0.6 is 0 Å². The predicted octanol–water partition coefficient (Wildman–Crippen LogP) is 0.618. The molecule has 1 aliphatic heterocycles. The van der Waals surface area contributed by atoms with Crippen LogP contribution in [-0.4, -0.2) is 37.1 Å². The summed E-state index contributed by atoms with van der Waals surface area (Å²) in [6.07, 6.45) is 0. The van der Waals surface area contributed by atoms with E-state index in [-0.39, 0.29) is 5.91 Å². The summed E-state index contributed by atoms with van der Waals surface area (Å²) in [5.41, 5.74) is 7.24. The summed E-state index contributed by atoms with van der Waals surface area (Å²) < 4.78 is 5.22. The summed E-state index contributed by atoms with van der Waals surface area (Å²) in [5.74, 6) is 0.0596. The van der Waals surface area contributed by atoms with Crippen LogP contribution in [0.25, 0.3) is 0 Å².